The third kappa shape index (κ3) is 3.94. The minimum absolute atomic E-state index is 0.264. The summed E-state index contributed by atoms with van der Waals surface area (Å²) >= 11 is 0. The summed E-state index contributed by atoms with van der Waals surface area (Å²) < 4.78 is 39.4. The molecule has 0 saturated heterocycles. The quantitative estimate of drug-likeness (QED) is 0.650. The number of rotatable bonds is 5. The van der Waals surface area contributed by atoms with Gasteiger partial charge in [-0.2, -0.15) is 0 Å². The van der Waals surface area contributed by atoms with Gasteiger partial charge in [-0.05, 0) is 38.0 Å². The first-order valence-corrected chi connectivity index (χ1v) is 6.82. The lowest BCUT2D eigenvalue weighted by Crippen LogP contribution is -2.25. The number of aryl methyl sites for hydroxylation is 1. The van der Waals surface area contributed by atoms with Crippen LogP contribution in [0.1, 0.15) is 18.9 Å². The molecule has 0 aliphatic heterocycles. The molecule has 0 saturated carbocycles. The van der Waals surface area contributed by atoms with Gasteiger partial charge in [0.1, 0.15) is 10.7 Å². The molecule has 1 N–H and O–H groups in total. The molecule has 0 aliphatic carbocycles. The fraction of sp³-hybridized carbons (Fsp3) is 0.333. The smallest absolute Gasteiger partial charge is 0.211 e. The summed E-state index contributed by atoms with van der Waals surface area (Å²) in [4.78, 5) is -0.294. The fourth-order valence-electron chi connectivity index (χ4n) is 1.34. The van der Waals surface area contributed by atoms with Gasteiger partial charge in [-0.3, -0.25) is 0 Å². The maximum absolute atomic E-state index is 13.4. The highest BCUT2D eigenvalue weighted by atomic mass is 32.2. The van der Waals surface area contributed by atoms with E-state index >= 15 is 0 Å². The van der Waals surface area contributed by atoms with Gasteiger partial charge in [-0.25, -0.2) is 17.5 Å². The van der Waals surface area contributed by atoms with E-state index in [2.05, 4.69) is 4.72 Å². The molecule has 0 spiro atoms. The molecule has 5 heteroatoms. The largest absolute Gasteiger partial charge is 0.243 e. The van der Waals surface area contributed by atoms with E-state index in [9.17, 15) is 12.8 Å². The summed E-state index contributed by atoms with van der Waals surface area (Å²) in [7, 11) is -3.75. The van der Waals surface area contributed by atoms with E-state index in [1.165, 1.54) is 12.1 Å². The van der Waals surface area contributed by atoms with Gasteiger partial charge in [0.2, 0.25) is 10.0 Å². The second kappa shape index (κ2) is 5.93. The molecule has 0 aliphatic rings. The van der Waals surface area contributed by atoms with Crippen LogP contribution in [-0.4, -0.2) is 15.0 Å². The Hall–Kier alpha value is -1.20. The molecule has 1 aromatic rings. The van der Waals surface area contributed by atoms with Gasteiger partial charge in [0.05, 0.1) is 0 Å². The van der Waals surface area contributed by atoms with Crippen molar-refractivity contribution < 1.29 is 12.8 Å². The van der Waals surface area contributed by atoms with Gasteiger partial charge in [-0.15, -0.1) is 0 Å². The number of halogens is 1. The molecule has 0 aromatic heterocycles. The Balaban J connectivity index is 2.86. The van der Waals surface area contributed by atoms with Gasteiger partial charge in [0.15, 0.2) is 0 Å². The first-order valence-electron chi connectivity index (χ1n) is 5.34. The van der Waals surface area contributed by atoms with Crippen molar-refractivity contribution in [2.24, 2.45) is 0 Å². The Kier molecular flexibility index (Phi) is 4.84. The number of allylic oxidation sites excluding steroid dienone is 1. The molecule has 0 heterocycles. The minimum Gasteiger partial charge on any atom is -0.211 e. The summed E-state index contributed by atoms with van der Waals surface area (Å²) in [5, 5.41) is 0. The zero-order chi connectivity index (χ0) is 12.9. The van der Waals surface area contributed by atoms with Crippen LogP contribution in [0.5, 0.6) is 0 Å². The third-order valence-corrected chi connectivity index (χ3v) is 3.69. The van der Waals surface area contributed by atoms with Gasteiger partial charge in [0, 0.05) is 6.54 Å². The van der Waals surface area contributed by atoms with Crippen molar-refractivity contribution in [2.75, 3.05) is 6.54 Å². The van der Waals surface area contributed by atoms with Crippen LogP contribution >= 0.6 is 0 Å². The molecular weight excluding hydrogens is 241 g/mol. The van der Waals surface area contributed by atoms with Crippen molar-refractivity contribution >= 4 is 10.0 Å². The Labute approximate surface area is 101 Å². The van der Waals surface area contributed by atoms with Crippen LogP contribution in [0.4, 0.5) is 4.39 Å². The number of hydrogen-bond acceptors (Lipinski definition) is 2. The van der Waals surface area contributed by atoms with E-state index < -0.39 is 15.8 Å². The fourth-order valence-corrected chi connectivity index (χ4v) is 2.55. The van der Waals surface area contributed by atoms with Crippen molar-refractivity contribution in [3.63, 3.8) is 0 Å². The van der Waals surface area contributed by atoms with Crippen LogP contribution in [-0.2, 0) is 10.0 Å². The Morgan fingerprint density at radius 3 is 2.76 bits per heavy atom. The predicted molar refractivity (Wildman–Crippen MR) is 65.8 cm³/mol. The molecule has 0 atom stereocenters. The lowest BCUT2D eigenvalue weighted by Gasteiger charge is -2.07. The lowest BCUT2D eigenvalue weighted by atomic mass is 10.2. The summed E-state index contributed by atoms with van der Waals surface area (Å²) in [5.74, 6) is -0.728. The maximum atomic E-state index is 13.4. The standard InChI is InChI=1S/C12H16FNO2S/c1-3-4-5-8-14-17(15,16)12-9-10(2)6-7-11(12)13/h3-4,6-7,9,14H,5,8H2,1-2H3/b4-3+. The van der Waals surface area contributed by atoms with Crippen LogP contribution in [0.2, 0.25) is 0 Å². The van der Waals surface area contributed by atoms with E-state index in [-0.39, 0.29) is 11.4 Å². The highest BCUT2D eigenvalue weighted by Gasteiger charge is 2.18. The molecule has 3 nitrogen and oxygen atoms in total. The summed E-state index contributed by atoms with van der Waals surface area (Å²) in [5.41, 5.74) is 0.709. The first-order chi connectivity index (χ1) is 7.97. The highest BCUT2D eigenvalue weighted by Crippen LogP contribution is 2.15. The second-order valence-electron chi connectivity index (χ2n) is 3.69. The van der Waals surface area contributed by atoms with Crippen LogP contribution < -0.4 is 4.72 Å². The maximum Gasteiger partial charge on any atom is 0.243 e. The summed E-state index contributed by atoms with van der Waals surface area (Å²) in [6.07, 6.45) is 4.26. The van der Waals surface area contributed by atoms with Crippen molar-refractivity contribution in [3.05, 3.63) is 41.7 Å². The first kappa shape index (κ1) is 13.9. The monoisotopic (exact) mass is 257 g/mol. The minimum atomic E-state index is -3.75. The predicted octanol–water partition coefficient (Wildman–Crippen LogP) is 2.38. The summed E-state index contributed by atoms with van der Waals surface area (Å²) in [6.45, 7) is 3.84. The molecule has 0 bridgehead atoms. The van der Waals surface area contributed by atoms with Gasteiger partial charge in [-0.1, -0.05) is 18.2 Å². The Bertz CT molecular complexity index is 509. The zero-order valence-corrected chi connectivity index (χ0v) is 10.7. The van der Waals surface area contributed by atoms with Crippen molar-refractivity contribution in [1.82, 2.24) is 4.72 Å². The average molecular weight is 257 g/mol. The second-order valence-corrected chi connectivity index (χ2v) is 5.42. The highest BCUT2D eigenvalue weighted by molar-refractivity contribution is 7.89. The van der Waals surface area contributed by atoms with Gasteiger partial charge < -0.3 is 0 Å². The Morgan fingerprint density at radius 1 is 1.41 bits per heavy atom. The van der Waals surface area contributed by atoms with E-state index in [0.717, 1.165) is 6.07 Å². The number of hydrogen-bond donors (Lipinski definition) is 1. The molecular formula is C12H16FNO2S. The SMILES string of the molecule is C/C=C/CCNS(=O)(=O)c1cc(C)ccc1F. The van der Waals surface area contributed by atoms with Gasteiger partial charge in [0.25, 0.3) is 0 Å². The number of sulfonamides is 1. The van der Waals surface area contributed by atoms with Crippen molar-refractivity contribution in [3.8, 4) is 0 Å². The molecule has 0 unspecified atom stereocenters. The topological polar surface area (TPSA) is 46.2 Å². The normalized spacial score (nSPS) is 12.2. The van der Waals surface area contributed by atoms with E-state index in [1.54, 1.807) is 6.92 Å². The zero-order valence-electron chi connectivity index (χ0n) is 9.90. The molecule has 0 radical (unpaired) electrons. The van der Waals surface area contributed by atoms with Gasteiger partial charge >= 0.3 is 0 Å². The van der Waals surface area contributed by atoms with Crippen LogP contribution in [0.15, 0.2) is 35.2 Å². The third-order valence-electron chi connectivity index (χ3n) is 2.22. The molecule has 0 fully saturated rings. The number of nitrogens with one attached hydrogen (secondary N) is 1. The molecule has 0 amide bonds. The van der Waals surface area contributed by atoms with Crippen LogP contribution in [0.3, 0.4) is 0 Å². The van der Waals surface area contributed by atoms with Crippen molar-refractivity contribution in [1.29, 1.82) is 0 Å². The van der Waals surface area contributed by atoms with E-state index in [1.807, 2.05) is 19.1 Å². The van der Waals surface area contributed by atoms with Crippen LogP contribution in [0.25, 0.3) is 0 Å². The van der Waals surface area contributed by atoms with E-state index in [4.69, 9.17) is 0 Å². The van der Waals surface area contributed by atoms with Crippen LogP contribution in [0, 0.1) is 12.7 Å². The average Bonchev–Trinajstić information content (AvgIpc) is 2.28. The molecule has 94 valence electrons. The molecule has 1 rings (SSSR count). The molecule has 17 heavy (non-hydrogen) atoms. The Morgan fingerprint density at radius 2 is 2.12 bits per heavy atom. The summed E-state index contributed by atoms with van der Waals surface area (Å²) in [6, 6.07) is 4.03. The lowest BCUT2D eigenvalue weighted by molar-refractivity contribution is 0.557. The number of benzene rings is 1. The molecule has 1 aromatic carbocycles. The van der Waals surface area contributed by atoms with E-state index in [0.29, 0.717) is 12.0 Å². The van der Waals surface area contributed by atoms with Crippen molar-refractivity contribution in [2.45, 2.75) is 25.2 Å².